The Morgan fingerprint density at radius 2 is 2.28 bits per heavy atom. The second kappa shape index (κ2) is 6.97. The summed E-state index contributed by atoms with van der Waals surface area (Å²) in [6, 6.07) is 5.45. The van der Waals surface area contributed by atoms with Crippen molar-refractivity contribution in [2.45, 2.75) is 31.7 Å². The number of hydrogen-bond acceptors (Lipinski definition) is 6. The van der Waals surface area contributed by atoms with Gasteiger partial charge in [-0.25, -0.2) is 4.68 Å². The van der Waals surface area contributed by atoms with Gasteiger partial charge in [0.25, 0.3) is 5.56 Å². The van der Waals surface area contributed by atoms with Crippen LogP contribution in [0, 0.1) is 12.8 Å². The lowest BCUT2D eigenvalue weighted by Gasteiger charge is -2.40. The van der Waals surface area contributed by atoms with Crippen LogP contribution in [0.15, 0.2) is 27.4 Å². The molecule has 1 fully saturated rings. The smallest absolute Gasteiger partial charge is 0.267 e. The van der Waals surface area contributed by atoms with Crippen molar-refractivity contribution in [3.05, 3.63) is 51.3 Å². The maximum absolute atomic E-state index is 12.2. The lowest BCUT2D eigenvalue weighted by atomic mass is 9.99. The second-order valence-electron chi connectivity index (χ2n) is 6.99. The molecule has 6 nitrogen and oxygen atoms in total. The Balaban J connectivity index is 1.32. The molecule has 0 spiro atoms. The van der Waals surface area contributed by atoms with Crippen LogP contribution in [-0.4, -0.2) is 45.2 Å². The maximum atomic E-state index is 12.2. The van der Waals surface area contributed by atoms with Gasteiger partial charge < -0.3 is 9.52 Å². The van der Waals surface area contributed by atoms with Crippen LogP contribution in [-0.2, 0) is 18.7 Å². The van der Waals surface area contributed by atoms with E-state index in [-0.39, 0.29) is 5.56 Å². The molecule has 4 heterocycles. The first-order valence-electron chi connectivity index (χ1n) is 8.73. The zero-order valence-corrected chi connectivity index (χ0v) is 15.2. The molecule has 134 valence electrons. The number of β-amino-alcohol motifs (C(OH)–C–C–N with tert-alkyl or cyclic N) is 1. The second-order valence-corrected chi connectivity index (χ2v) is 8.09. The third kappa shape index (κ3) is 3.68. The van der Waals surface area contributed by atoms with Crippen LogP contribution >= 0.6 is 11.8 Å². The topological polar surface area (TPSA) is 71.5 Å². The van der Waals surface area contributed by atoms with Crippen molar-refractivity contribution in [3.8, 4) is 0 Å². The molecule has 2 aromatic rings. The first-order chi connectivity index (χ1) is 12.1. The SMILES string of the molecule is Cc1ccc(C(O)CN2CC(Cn3nc4c(cc3=O)CSCC4)C2)o1. The zero-order valence-electron chi connectivity index (χ0n) is 14.4. The van der Waals surface area contributed by atoms with Crippen LogP contribution in [0.2, 0.25) is 0 Å². The number of rotatable bonds is 5. The Morgan fingerprint density at radius 1 is 1.44 bits per heavy atom. The molecule has 2 aliphatic heterocycles. The van der Waals surface area contributed by atoms with Gasteiger partial charge in [0, 0.05) is 43.8 Å². The molecule has 4 rings (SSSR count). The van der Waals surface area contributed by atoms with Gasteiger partial charge >= 0.3 is 0 Å². The van der Waals surface area contributed by atoms with Gasteiger partial charge in [-0.1, -0.05) is 0 Å². The number of thioether (sulfide) groups is 1. The normalized spacial score (nSPS) is 19.4. The molecule has 0 amide bonds. The highest BCUT2D eigenvalue weighted by Crippen LogP contribution is 2.24. The van der Waals surface area contributed by atoms with E-state index in [1.54, 1.807) is 10.7 Å². The molecule has 0 bridgehead atoms. The van der Waals surface area contributed by atoms with Gasteiger partial charge in [0.2, 0.25) is 0 Å². The van der Waals surface area contributed by atoms with Gasteiger partial charge in [-0.05, 0) is 30.4 Å². The molecule has 2 aromatic heterocycles. The van der Waals surface area contributed by atoms with Crippen molar-refractivity contribution in [1.82, 2.24) is 14.7 Å². The van der Waals surface area contributed by atoms with Crippen molar-refractivity contribution in [3.63, 3.8) is 0 Å². The van der Waals surface area contributed by atoms with Gasteiger partial charge in [-0.15, -0.1) is 0 Å². The number of aryl methyl sites for hydroxylation is 2. The van der Waals surface area contributed by atoms with E-state index in [4.69, 9.17) is 4.42 Å². The van der Waals surface area contributed by atoms with Crippen molar-refractivity contribution in [2.75, 3.05) is 25.4 Å². The molecule has 2 aliphatic rings. The predicted octanol–water partition coefficient (Wildman–Crippen LogP) is 1.60. The van der Waals surface area contributed by atoms with Crippen LogP contribution in [0.4, 0.5) is 0 Å². The minimum Gasteiger partial charge on any atom is -0.464 e. The molecule has 1 unspecified atom stereocenters. The van der Waals surface area contributed by atoms with Crippen LogP contribution in [0.1, 0.15) is 28.9 Å². The highest BCUT2D eigenvalue weighted by atomic mass is 32.2. The third-order valence-electron chi connectivity index (χ3n) is 4.89. The van der Waals surface area contributed by atoms with E-state index in [9.17, 15) is 9.90 Å². The van der Waals surface area contributed by atoms with Crippen LogP contribution in [0.25, 0.3) is 0 Å². The molecular formula is C18H23N3O3S. The van der Waals surface area contributed by atoms with Crippen molar-refractivity contribution < 1.29 is 9.52 Å². The minimum absolute atomic E-state index is 0.00537. The van der Waals surface area contributed by atoms with Gasteiger partial charge in [0.1, 0.15) is 17.6 Å². The summed E-state index contributed by atoms with van der Waals surface area (Å²) >= 11 is 1.86. The number of nitrogens with zero attached hydrogens (tertiary/aromatic N) is 3. The van der Waals surface area contributed by atoms with E-state index < -0.39 is 6.10 Å². The fraction of sp³-hybridized carbons (Fsp3) is 0.556. The number of furan rings is 1. The molecule has 1 saturated heterocycles. The minimum atomic E-state index is -0.600. The number of hydrogen-bond donors (Lipinski definition) is 1. The Labute approximate surface area is 150 Å². The monoisotopic (exact) mass is 361 g/mol. The quantitative estimate of drug-likeness (QED) is 0.872. The highest BCUT2D eigenvalue weighted by molar-refractivity contribution is 7.98. The molecule has 0 aromatic carbocycles. The Morgan fingerprint density at radius 3 is 3.04 bits per heavy atom. The van der Waals surface area contributed by atoms with E-state index in [2.05, 4.69) is 10.00 Å². The largest absolute Gasteiger partial charge is 0.464 e. The summed E-state index contributed by atoms with van der Waals surface area (Å²) in [5.41, 5.74) is 2.19. The summed E-state index contributed by atoms with van der Waals surface area (Å²) in [6.07, 6.45) is 0.350. The molecule has 0 saturated carbocycles. The van der Waals surface area contributed by atoms with E-state index in [0.29, 0.717) is 24.8 Å². The molecule has 1 atom stereocenters. The third-order valence-corrected chi connectivity index (χ3v) is 5.90. The Hall–Kier alpha value is -1.57. The fourth-order valence-corrected chi connectivity index (χ4v) is 4.49. The van der Waals surface area contributed by atoms with Gasteiger partial charge in [-0.3, -0.25) is 9.69 Å². The Bertz CT molecular complexity index is 810. The van der Waals surface area contributed by atoms with Crippen molar-refractivity contribution >= 4 is 11.8 Å². The summed E-state index contributed by atoms with van der Waals surface area (Å²) in [5.74, 6) is 3.82. The summed E-state index contributed by atoms with van der Waals surface area (Å²) < 4.78 is 7.10. The van der Waals surface area contributed by atoms with Crippen molar-refractivity contribution in [2.24, 2.45) is 5.92 Å². The van der Waals surface area contributed by atoms with E-state index >= 15 is 0 Å². The molecule has 0 aliphatic carbocycles. The molecule has 1 N–H and O–H groups in total. The summed E-state index contributed by atoms with van der Waals surface area (Å²) in [4.78, 5) is 14.4. The van der Waals surface area contributed by atoms with E-state index in [1.807, 2.05) is 30.8 Å². The average molecular weight is 361 g/mol. The summed E-state index contributed by atoms with van der Waals surface area (Å²) in [5, 5.41) is 14.8. The summed E-state index contributed by atoms with van der Waals surface area (Å²) in [6.45, 7) is 4.84. The van der Waals surface area contributed by atoms with E-state index in [1.165, 1.54) is 0 Å². The highest BCUT2D eigenvalue weighted by Gasteiger charge is 2.30. The number of aliphatic hydroxyl groups is 1. The molecule has 7 heteroatoms. The van der Waals surface area contributed by atoms with Crippen molar-refractivity contribution in [1.29, 1.82) is 0 Å². The average Bonchev–Trinajstić information content (AvgIpc) is 2.99. The summed E-state index contributed by atoms with van der Waals surface area (Å²) in [7, 11) is 0. The van der Waals surface area contributed by atoms with Crippen LogP contribution in [0.5, 0.6) is 0 Å². The molecule has 25 heavy (non-hydrogen) atoms. The number of likely N-dealkylation sites (tertiary alicyclic amines) is 1. The maximum Gasteiger partial charge on any atom is 0.267 e. The number of fused-ring (bicyclic) bond motifs is 1. The number of aliphatic hydroxyl groups excluding tert-OH is 1. The lowest BCUT2D eigenvalue weighted by Crippen LogP contribution is -2.50. The first kappa shape index (κ1) is 16.9. The fourth-order valence-electron chi connectivity index (χ4n) is 3.54. The molecular weight excluding hydrogens is 338 g/mol. The van der Waals surface area contributed by atoms with Gasteiger partial charge in [-0.2, -0.15) is 16.9 Å². The van der Waals surface area contributed by atoms with Gasteiger partial charge in [0.05, 0.1) is 12.2 Å². The van der Waals surface area contributed by atoms with Crippen LogP contribution < -0.4 is 5.56 Å². The molecule has 0 radical (unpaired) electrons. The zero-order chi connectivity index (χ0) is 17.4. The van der Waals surface area contributed by atoms with Crippen LogP contribution in [0.3, 0.4) is 0 Å². The Kier molecular flexibility index (Phi) is 4.71. The van der Waals surface area contributed by atoms with Gasteiger partial charge in [0.15, 0.2) is 0 Å². The standard InChI is InChI=1S/C18H23N3O3S/c1-12-2-3-17(24-12)16(22)10-20-7-13(8-20)9-21-18(23)6-14-11-25-5-4-15(14)19-21/h2-3,6,13,16,22H,4-5,7-11H2,1H3. The predicted molar refractivity (Wildman–Crippen MR) is 96.7 cm³/mol. The number of aromatic nitrogens is 2. The van der Waals surface area contributed by atoms with E-state index in [0.717, 1.165) is 48.0 Å². The first-order valence-corrected chi connectivity index (χ1v) is 9.88. The lowest BCUT2D eigenvalue weighted by molar-refractivity contribution is 0.0232.